The molecule has 7 heteroatoms. The molecule has 136 valence electrons. The van der Waals surface area contributed by atoms with E-state index < -0.39 is 0 Å². The van der Waals surface area contributed by atoms with E-state index in [1.54, 1.807) is 31.2 Å². The molecule has 1 saturated heterocycles. The molecule has 2 amide bonds. The number of likely N-dealkylation sites (tertiary alicyclic amines) is 1. The first-order valence-corrected chi connectivity index (χ1v) is 8.54. The summed E-state index contributed by atoms with van der Waals surface area (Å²) in [6.45, 7) is 5.31. The van der Waals surface area contributed by atoms with Crippen LogP contribution in [0.15, 0.2) is 24.3 Å². The lowest BCUT2D eigenvalue weighted by molar-refractivity contribution is -0.149. The lowest BCUT2D eigenvalue weighted by Gasteiger charge is -2.30. The number of hydrogen-bond acceptors (Lipinski definition) is 5. The van der Waals surface area contributed by atoms with Crippen LogP contribution < -0.4 is 10.6 Å². The Bertz CT molecular complexity index is 625. The third-order valence-electron chi connectivity index (χ3n) is 4.04. The smallest absolute Gasteiger partial charge is 0.309 e. The van der Waals surface area contributed by atoms with Crippen molar-refractivity contribution in [2.75, 3.05) is 36.9 Å². The van der Waals surface area contributed by atoms with Crippen LogP contribution in [-0.4, -0.2) is 48.9 Å². The summed E-state index contributed by atoms with van der Waals surface area (Å²) >= 11 is 0. The molecule has 0 unspecified atom stereocenters. The fourth-order valence-electron chi connectivity index (χ4n) is 2.87. The van der Waals surface area contributed by atoms with Crippen molar-refractivity contribution >= 4 is 29.2 Å². The van der Waals surface area contributed by atoms with Crippen LogP contribution in [0.4, 0.5) is 11.4 Å². The maximum atomic E-state index is 12.2. The van der Waals surface area contributed by atoms with Gasteiger partial charge in [-0.1, -0.05) is 6.07 Å². The lowest BCUT2D eigenvalue weighted by atomic mass is 9.97. The summed E-state index contributed by atoms with van der Waals surface area (Å²) in [6, 6.07) is 7.02. The standard InChI is InChI=1S/C18H25N3O4/c1-3-25-18(24)14-7-9-21(10-8-14)12-17(23)20-16-6-4-5-15(11-16)19-13(2)22/h4-6,11,14H,3,7-10,12H2,1-2H3,(H,19,22)(H,20,23). The predicted molar refractivity (Wildman–Crippen MR) is 95.2 cm³/mol. The molecule has 0 radical (unpaired) electrons. The van der Waals surface area contributed by atoms with E-state index in [2.05, 4.69) is 10.6 Å². The van der Waals surface area contributed by atoms with Crippen LogP contribution in [0.3, 0.4) is 0 Å². The van der Waals surface area contributed by atoms with E-state index in [1.165, 1.54) is 6.92 Å². The molecule has 1 aromatic rings. The van der Waals surface area contributed by atoms with E-state index in [9.17, 15) is 14.4 Å². The largest absolute Gasteiger partial charge is 0.466 e. The molecule has 0 bridgehead atoms. The monoisotopic (exact) mass is 347 g/mol. The molecule has 0 saturated carbocycles. The SMILES string of the molecule is CCOC(=O)C1CCN(CC(=O)Nc2cccc(NC(C)=O)c2)CC1. The molecule has 0 spiro atoms. The highest BCUT2D eigenvalue weighted by Crippen LogP contribution is 2.19. The first-order chi connectivity index (χ1) is 12.0. The summed E-state index contributed by atoms with van der Waals surface area (Å²) in [6.07, 6.45) is 1.42. The van der Waals surface area contributed by atoms with Gasteiger partial charge in [0.2, 0.25) is 11.8 Å². The molecule has 1 fully saturated rings. The number of esters is 1. The fraction of sp³-hybridized carbons (Fsp3) is 0.500. The quantitative estimate of drug-likeness (QED) is 0.767. The molecular formula is C18H25N3O4. The van der Waals surface area contributed by atoms with E-state index in [1.807, 2.05) is 4.90 Å². The van der Waals surface area contributed by atoms with E-state index in [0.29, 0.717) is 43.9 Å². The van der Waals surface area contributed by atoms with Gasteiger partial charge >= 0.3 is 5.97 Å². The molecule has 1 heterocycles. The topological polar surface area (TPSA) is 87.7 Å². The van der Waals surface area contributed by atoms with Crippen LogP contribution >= 0.6 is 0 Å². The number of carbonyl (C=O) groups excluding carboxylic acids is 3. The van der Waals surface area contributed by atoms with Crippen molar-refractivity contribution in [3.8, 4) is 0 Å². The minimum atomic E-state index is -0.159. The molecule has 1 aliphatic rings. The Labute approximate surface area is 147 Å². The number of carbonyl (C=O) groups is 3. The van der Waals surface area contributed by atoms with Gasteiger partial charge in [0.1, 0.15) is 0 Å². The average molecular weight is 347 g/mol. The van der Waals surface area contributed by atoms with Crippen molar-refractivity contribution in [1.29, 1.82) is 0 Å². The molecule has 7 nitrogen and oxygen atoms in total. The molecule has 1 aromatic carbocycles. The Balaban J connectivity index is 1.79. The second-order valence-electron chi connectivity index (χ2n) is 6.11. The Hall–Kier alpha value is -2.41. The molecule has 1 aliphatic heterocycles. The van der Waals surface area contributed by atoms with E-state index in [-0.39, 0.29) is 30.2 Å². The van der Waals surface area contributed by atoms with Crippen molar-refractivity contribution in [3.63, 3.8) is 0 Å². The minimum absolute atomic E-state index is 0.0615. The summed E-state index contributed by atoms with van der Waals surface area (Å²) < 4.78 is 5.05. The Morgan fingerprint density at radius 1 is 1.16 bits per heavy atom. The van der Waals surface area contributed by atoms with Crippen molar-refractivity contribution in [3.05, 3.63) is 24.3 Å². The summed E-state index contributed by atoms with van der Waals surface area (Å²) in [5.41, 5.74) is 1.28. The maximum absolute atomic E-state index is 12.2. The first kappa shape index (κ1) is 18.9. The zero-order valence-corrected chi connectivity index (χ0v) is 14.7. The van der Waals surface area contributed by atoms with E-state index in [0.717, 1.165) is 0 Å². The number of ether oxygens (including phenoxy) is 1. The zero-order valence-electron chi connectivity index (χ0n) is 14.7. The Morgan fingerprint density at radius 2 is 1.80 bits per heavy atom. The van der Waals surface area contributed by atoms with Gasteiger partial charge < -0.3 is 15.4 Å². The summed E-state index contributed by atoms with van der Waals surface area (Å²) in [5, 5.41) is 5.51. The number of piperidine rings is 1. The second-order valence-corrected chi connectivity index (χ2v) is 6.11. The van der Waals surface area contributed by atoms with Gasteiger partial charge in [-0.2, -0.15) is 0 Å². The first-order valence-electron chi connectivity index (χ1n) is 8.54. The normalized spacial score (nSPS) is 15.4. The summed E-state index contributed by atoms with van der Waals surface area (Å²) in [4.78, 5) is 37.0. The number of benzene rings is 1. The number of nitrogens with zero attached hydrogens (tertiary/aromatic N) is 1. The van der Waals surface area contributed by atoms with Crippen LogP contribution in [0.25, 0.3) is 0 Å². The van der Waals surface area contributed by atoms with Crippen LogP contribution in [0.5, 0.6) is 0 Å². The highest BCUT2D eigenvalue weighted by molar-refractivity contribution is 5.94. The summed E-state index contributed by atoms with van der Waals surface area (Å²) in [5.74, 6) is -0.475. The van der Waals surface area contributed by atoms with Gasteiger partial charge in [0.25, 0.3) is 0 Å². The molecule has 25 heavy (non-hydrogen) atoms. The Morgan fingerprint density at radius 3 is 2.40 bits per heavy atom. The molecule has 0 aliphatic carbocycles. The third kappa shape index (κ3) is 6.19. The average Bonchev–Trinajstić information content (AvgIpc) is 2.55. The molecule has 0 atom stereocenters. The van der Waals surface area contributed by atoms with Gasteiger partial charge in [-0.3, -0.25) is 19.3 Å². The van der Waals surface area contributed by atoms with Gasteiger partial charge in [-0.15, -0.1) is 0 Å². The minimum Gasteiger partial charge on any atom is -0.466 e. The predicted octanol–water partition coefficient (Wildman–Crippen LogP) is 1.86. The van der Waals surface area contributed by atoms with Crippen LogP contribution in [0.1, 0.15) is 26.7 Å². The third-order valence-corrected chi connectivity index (χ3v) is 4.04. The fourth-order valence-corrected chi connectivity index (χ4v) is 2.87. The second kappa shape index (κ2) is 9.17. The zero-order chi connectivity index (χ0) is 18.2. The van der Waals surface area contributed by atoms with Crippen LogP contribution in [0, 0.1) is 5.92 Å². The van der Waals surface area contributed by atoms with Crippen LogP contribution in [0.2, 0.25) is 0 Å². The van der Waals surface area contributed by atoms with E-state index in [4.69, 9.17) is 4.74 Å². The van der Waals surface area contributed by atoms with Gasteiger partial charge in [0.05, 0.1) is 19.1 Å². The number of rotatable bonds is 6. The molecular weight excluding hydrogens is 322 g/mol. The van der Waals surface area contributed by atoms with Gasteiger partial charge in [0, 0.05) is 18.3 Å². The maximum Gasteiger partial charge on any atom is 0.309 e. The number of amides is 2. The molecule has 0 aromatic heterocycles. The highest BCUT2D eigenvalue weighted by atomic mass is 16.5. The van der Waals surface area contributed by atoms with Crippen molar-refractivity contribution in [2.45, 2.75) is 26.7 Å². The van der Waals surface area contributed by atoms with Gasteiger partial charge in [0.15, 0.2) is 0 Å². The number of anilines is 2. The highest BCUT2D eigenvalue weighted by Gasteiger charge is 2.26. The number of nitrogens with one attached hydrogen (secondary N) is 2. The van der Waals surface area contributed by atoms with Crippen molar-refractivity contribution < 1.29 is 19.1 Å². The Kier molecular flexibility index (Phi) is 6.94. The van der Waals surface area contributed by atoms with Crippen LogP contribution in [-0.2, 0) is 19.1 Å². The van der Waals surface area contributed by atoms with Crippen molar-refractivity contribution in [2.24, 2.45) is 5.92 Å². The molecule has 2 rings (SSSR count). The summed E-state index contributed by atoms with van der Waals surface area (Å²) in [7, 11) is 0. The number of hydrogen-bond donors (Lipinski definition) is 2. The molecule has 2 N–H and O–H groups in total. The van der Waals surface area contributed by atoms with Gasteiger partial charge in [-0.05, 0) is 51.1 Å². The van der Waals surface area contributed by atoms with Crippen molar-refractivity contribution in [1.82, 2.24) is 4.90 Å². The van der Waals surface area contributed by atoms with E-state index >= 15 is 0 Å². The van der Waals surface area contributed by atoms with Gasteiger partial charge in [-0.25, -0.2) is 0 Å². The lowest BCUT2D eigenvalue weighted by Crippen LogP contribution is -2.41.